The molecule has 2 amide bonds. The first-order valence-electron chi connectivity index (χ1n) is 9.44. The molecule has 1 heterocycles. The van der Waals surface area contributed by atoms with E-state index in [1.54, 1.807) is 16.8 Å². The summed E-state index contributed by atoms with van der Waals surface area (Å²) in [6.07, 6.45) is 1.52. The van der Waals surface area contributed by atoms with Crippen LogP contribution in [-0.4, -0.2) is 28.1 Å². The Hall–Kier alpha value is -2.64. The van der Waals surface area contributed by atoms with Gasteiger partial charge in [0.2, 0.25) is 5.91 Å². The zero-order chi connectivity index (χ0) is 21.8. The number of hydrogen-bond donors (Lipinski definition) is 2. The number of halogens is 2. The Morgan fingerprint density at radius 3 is 2.63 bits per heavy atom. The highest BCUT2D eigenvalue weighted by molar-refractivity contribution is 9.10. The Morgan fingerprint density at radius 1 is 1.20 bits per heavy atom. The van der Waals surface area contributed by atoms with Gasteiger partial charge in [-0.2, -0.15) is 5.10 Å². The molecule has 0 unspecified atom stereocenters. The number of benzene rings is 2. The SMILES string of the molecule is Cc1cc(Br)ccc1NC(=O)CNC(=O)c1cnn(-c2cccc(Cl)c2)c1C(C)C. The van der Waals surface area contributed by atoms with Gasteiger partial charge in [-0.3, -0.25) is 9.59 Å². The second-order valence-corrected chi connectivity index (χ2v) is 8.53. The third-order valence-electron chi connectivity index (χ3n) is 4.52. The van der Waals surface area contributed by atoms with Crippen molar-refractivity contribution in [2.75, 3.05) is 11.9 Å². The van der Waals surface area contributed by atoms with Crippen molar-refractivity contribution in [1.29, 1.82) is 0 Å². The van der Waals surface area contributed by atoms with Gasteiger partial charge in [0.05, 0.1) is 29.7 Å². The van der Waals surface area contributed by atoms with Crippen LogP contribution in [0, 0.1) is 6.92 Å². The normalized spacial score (nSPS) is 10.9. The summed E-state index contributed by atoms with van der Waals surface area (Å²) in [5.41, 5.74) is 3.58. The molecule has 0 aliphatic rings. The molecule has 156 valence electrons. The number of carbonyl (C=O) groups excluding carboxylic acids is 2. The van der Waals surface area contributed by atoms with Gasteiger partial charge in [0.15, 0.2) is 0 Å². The maximum Gasteiger partial charge on any atom is 0.255 e. The zero-order valence-corrected chi connectivity index (χ0v) is 19.2. The van der Waals surface area contributed by atoms with Crippen LogP contribution in [0.5, 0.6) is 0 Å². The maximum absolute atomic E-state index is 12.8. The summed E-state index contributed by atoms with van der Waals surface area (Å²) in [5, 5.41) is 10.5. The molecule has 3 rings (SSSR count). The number of anilines is 1. The largest absolute Gasteiger partial charge is 0.343 e. The van der Waals surface area contributed by atoms with Gasteiger partial charge in [-0.15, -0.1) is 0 Å². The smallest absolute Gasteiger partial charge is 0.255 e. The predicted octanol–water partition coefficient (Wildman–Crippen LogP) is 5.09. The summed E-state index contributed by atoms with van der Waals surface area (Å²) in [6.45, 7) is 5.72. The van der Waals surface area contributed by atoms with Crippen molar-refractivity contribution in [3.05, 3.63) is 75.0 Å². The quantitative estimate of drug-likeness (QED) is 0.506. The number of nitrogens with one attached hydrogen (secondary N) is 2. The molecule has 0 saturated heterocycles. The summed E-state index contributed by atoms with van der Waals surface area (Å²) >= 11 is 9.49. The average Bonchev–Trinajstić information content (AvgIpc) is 3.14. The van der Waals surface area contributed by atoms with Gasteiger partial charge in [-0.25, -0.2) is 4.68 Å². The molecule has 0 atom stereocenters. The standard InChI is InChI=1S/C22H22BrClN4O2/c1-13(2)21-18(11-26-28(21)17-6-4-5-16(24)10-17)22(30)25-12-20(29)27-19-8-7-15(23)9-14(19)3/h4-11,13H,12H2,1-3H3,(H,25,30)(H,27,29). The summed E-state index contributed by atoms with van der Waals surface area (Å²) in [6, 6.07) is 12.8. The van der Waals surface area contributed by atoms with Gasteiger partial charge in [-0.05, 0) is 54.8 Å². The van der Waals surface area contributed by atoms with Gasteiger partial charge < -0.3 is 10.6 Å². The van der Waals surface area contributed by atoms with E-state index in [0.29, 0.717) is 16.3 Å². The minimum Gasteiger partial charge on any atom is -0.343 e. The monoisotopic (exact) mass is 488 g/mol. The number of aryl methyl sites for hydroxylation is 1. The van der Waals surface area contributed by atoms with Crippen molar-refractivity contribution in [3.63, 3.8) is 0 Å². The minimum atomic E-state index is -0.352. The molecule has 3 aromatic rings. The minimum absolute atomic E-state index is 0.0338. The molecular weight excluding hydrogens is 468 g/mol. The first kappa shape index (κ1) is 22.1. The zero-order valence-electron chi connectivity index (χ0n) is 16.9. The van der Waals surface area contributed by atoms with Crippen molar-refractivity contribution < 1.29 is 9.59 Å². The first-order chi connectivity index (χ1) is 14.3. The van der Waals surface area contributed by atoms with Crippen molar-refractivity contribution in [2.24, 2.45) is 0 Å². The number of aromatic nitrogens is 2. The van der Waals surface area contributed by atoms with Crippen LogP contribution < -0.4 is 10.6 Å². The Labute approximate surface area is 188 Å². The van der Waals surface area contributed by atoms with Gasteiger partial charge in [0.1, 0.15) is 0 Å². The fourth-order valence-electron chi connectivity index (χ4n) is 3.12. The highest BCUT2D eigenvalue weighted by Crippen LogP contribution is 2.24. The molecule has 8 heteroatoms. The summed E-state index contributed by atoms with van der Waals surface area (Å²) in [4.78, 5) is 25.1. The van der Waals surface area contributed by atoms with Crippen LogP contribution in [-0.2, 0) is 4.79 Å². The van der Waals surface area contributed by atoms with Gasteiger partial charge in [0.25, 0.3) is 5.91 Å². The molecule has 0 radical (unpaired) electrons. The van der Waals surface area contributed by atoms with Crippen LogP contribution in [0.4, 0.5) is 5.69 Å². The summed E-state index contributed by atoms with van der Waals surface area (Å²) in [5.74, 6) is -0.622. The van der Waals surface area contributed by atoms with Crippen LogP contribution in [0.2, 0.25) is 5.02 Å². The molecule has 2 aromatic carbocycles. The van der Waals surface area contributed by atoms with E-state index < -0.39 is 0 Å². The van der Waals surface area contributed by atoms with Crippen molar-refractivity contribution in [2.45, 2.75) is 26.7 Å². The van der Waals surface area contributed by atoms with Crippen LogP contribution >= 0.6 is 27.5 Å². The second-order valence-electron chi connectivity index (χ2n) is 7.18. The number of rotatable bonds is 6. The van der Waals surface area contributed by atoms with E-state index in [1.807, 2.05) is 51.1 Å². The van der Waals surface area contributed by atoms with Gasteiger partial charge in [-0.1, -0.05) is 47.4 Å². The lowest BCUT2D eigenvalue weighted by molar-refractivity contribution is -0.115. The van der Waals surface area contributed by atoms with E-state index in [0.717, 1.165) is 21.4 Å². The van der Waals surface area contributed by atoms with E-state index in [1.165, 1.54) is 6.20 Å². The molecular formula is C22H22BrClN4O2. The topological polar surface area (TPSA) is 76.0 Å². The maximum atomic E-state index is 12.8. The molecule has 0 bridgehead atoms. The Morgan fingerprint density at radius 2 is 1.97 bits per heavy atom. The highest BCUT2D eigenvalue weighted by atomic mass is 79.9. The lowest BCUT2D eigenvalue weighted by Gasteiger charge is -2.13. The number of hydrogen-bond acceptors (Lipinski definition) is 3. The summed E-state index contributed by atoms with van der Waals surface area (Å²) in [7, 11) is 0. The molecule has 0 spiro atoms. The second kappa shape index (κ2) is 9.45. The van der Waals surface area contributed by atoms with Crippen LogP contribution in [0.15, 0.2) is 53.1 Å². The Balaban J connectivity index is 1.73. The fraction of sp³-hybridized carbons (Fsp3) is 0.227. The lowest BCUT2D eigenvalue weighted by Crippen LogP contribution is -2.33. The fourth-order valence-corrected chi connectivity index (χ4v) is 3.78. The van der Waals surface area contributed by atoms with Gasteiger partial charge >= 0.3 is 0 Å². The van der Waals surface area contributed by atoms with E-state index in [2.05, 4.69) is 31.7 Å². The highest BCUT2D eigenvalue weighted by Gasteiger charge is 2.21. The molecule has 0 aliphatic carbocycles. The van der Waals surface area contributed by atoms with Crippen molar-refractivity contribution >= 4 is 45.0 Å². The van der Waals surface area contributed by atoms with Crippen LogP contribution in [0.1, 0.15) is 41.4 Å². The van der Waals surface area contributed by atoms with E-state index in [-0.39, 0.29) is 24.3 Å². The Kier molecular flexibility index (Phi) is 6.95. The molecule has 1 aromatic heterocycles. The molecule has 2 N–H and O–H groups in total. The summed E-state index contributed by atoms with van der Waals surface area (Å²) < 4.78 is 2.64. The van der Waals surface area contributed by atoms with Crippen molar-refractivity contribution in [3.8, 4) is 5.69 Å². The Bertz CT molecular complexity index is 1090. The third kappa shape index (κ3) is 5.09. The molecule has 0 saturated carbocycles. The molecule has 6 nitrogen and oxygen atoms in total. The van der Waals surface area contributed by atoms with E-state index >= 15 is 0 Å². The third-order valence-corrected chi connectivity index (χ3v) is 5.25. The number of carbonyl (C=O) groups is 2. The molecule has 0 aliphatic heterocycles. The van der Waals surface area contributed by atoms with Crippen molar-refractivity contribution in [1.82, 2.24) is 15.1 Å². The van der Waals surface area contributed by atoms with E-state index in [9.17, 15) is 9.59 Å². The van der Waals surface area contributed by atoms with Crippen LogP contribution in [0.25, 0.3) is 5.69 Å². The molecule has 0 fully saturated rings. The van der Waals surface area contributed by atoms with Crippen LogP contribution in [0.3, 0.4) is 0 Å². The van der Waals surface area contributed by atoms with E-state index in [4.69, 9.17) is 11.6 Å². The molecule has 30 heavy (non-hydrogen) atoms. The predicted molar refractivity (Wildman–Crippen MR) is 123 cm³/mol. The first-order valence-corrected chi connectivity index (χ1v) is 10.6. The number of amides is 2. The van der Waals surface area contributed by atoms with Gasteiger partial charge in [0, 0.05) is 15.2 Å². The number of nitrogens with zero attached hydrogens (tertiary/aromatic N) is 2. The average molecular weight is 490 g/mol. The lowest BCUT2D eigenvalue weighted by atomic mass is 10.0.